The fourth-order valence-corrected chi connectivity index (χ4v) is 3.76. The first kappa shape index (κ1) is 22.4. The third-order valence-electron chi connectivity index (χ3n) is 5.04. The number of hydrogen-bond acceptors (Lipinski definition) is 4. The Bertz CT molecular complexity index is 933. The molecule has 1 unspecified atom stereocenters. The highest BCUT2D eigenvalue weighted by Crippen LogP contribution is 2.40. The summed E-state index contributed by atoms with van der Waals surface area (Å²) in [6.45, 7) is 0. The van der Waals surface area contributed by atoms with Crippen molar-refractivity contribution < 1.29 is 31.9 Å². The molecule has 5 nitrogen and oxygen atoms in total. The quantitative estimate of drug-likeness (QED) is 0.536. The van der Waals surface area contributed by atoms with Crippen LogP contribution in [0.1, 0.15) is 53.5 Å². The van der Waals surface area contributed by atoms with Gasteiger partial charge >= 0.3 is 6.18 Å². The summed E-state index contributed by atoms with van der Waals surface area (Å²) in [4.78, 5) is 20.0. The molecular formula is C19H17ClF5N3O2. The van der Waals surface area contributed by atoms with Gasteiger partial charge in [-0.2, -0.15) is 17.6 Å². The fraction of sp³-hybridized carbons (Fsp3) is 0.421. The second-order valence-electron chi connectivity index (χ2n) is 7.09. The molecule has 0 spiro atoms. The molecule has 162 valence electrons. The number of carbonyl (C=O) groups is 1. The number of amides is 1. The number of aliphatic hydroxyl groups is 1. The van der Waals surface area contributed by atoms with Crippen molar-refractivity contribution in [2.24, 2.45) is 0 Å². The maximum Gasteiger partial charge on any atom is 0.417 e. The molecule has 2 aromatic rings. The Labute approximate surface area is 173 Å². The summed E-state index contributed by atoms with van der Waals surface area (Å²) >= 11 is 5.75. The van der Waals surface area contributed by atoms with E-state index < -0.39 is 52.1 Å². The monoisotopic (exact) mass is 449 g/mol. The molecule has 30 heavy (non-hydrogen) atoms. The SMILES string of the molecule is O=C(NC(c1cccc(F)n1)C1(O)CCC(F)CC1)c1nccc(C(F)(F)F)c1Cl. The van der Waals surface area contributed by atoms with Crippen LogP contribution in [0.4, 0.5) is 22.0 Å². The predicted molar refractivity (Wildman–Crippen MR) is 97.0 cm³/mol. The lowest BCUT2D eigenvalue weighted by Gasteiger charge is -2.40. The minimum Gasteiger partial charge on any atom is -0.387 e. The molecule has 1 amide bonds. The molecule has 0 saturated heterocycles. The van der Waals surface area contributed by atoms with Crippen LogP contribution in [0.25, 0.3) is 0 Å². The van der Waals surface area contributed by atoms with Crippen LogP contribution >= 0.6 is 11.6 Å². The number of nitrogens with one attached hydrogen (secondary N) is 1. The van der Waals surface area contributed by atoms with Crippen molar-refractivity contribution in [1.82, 2.24) is 15.3 Å². The van der Waals surface area contributed by atoms with Gasteiger partial charge in [-0.1, -0.05) is 17.7 Å². The minimum absolute atomic E-state index is 0.000745. The summed E-state index contributed by atoms with van der Waals surface area (Å²) in [6.07, 6.45) is -5.30. The Hall–Kier alpha value is -2.33. The van der Waals surface area contributed by atoms with Gasteiger partial charge in [0.2, 0.25) is 5.95 Å². The van der Waals surface area contributed by atoms with E-state index in [1.54, 1.807) is 0 Å². The lowest BCUT2D eigenvalue weighted by Crippen LogP contribution is -2.49. The fourth-order valence-electron chi connectivity index (χ4n) is 3.46. The Morgan fingerprint density at radius 1 is 1.27 bits per heavy atom. The summed E-state index contributed by atoms with van der Waals surface area (Å²) < 4.78 is 66.5. The zero-order chi connectivity index (χ0) is 22.1. The van der Waals surface area contributed by atoms with E-state index in [9.17, 15) is 31.9 Å². The van der Waals surface area contributed by atoms with Crippen LogP contribution < -0.4 is 5.32 Å². The number of pyridine rings is 2. The van der Waals surface area contributed by atoms with E-state index in [0.717, 1.165) is 12.3 Å². The number of halogens is 6. The van der Waals surface area contributed by atoms with Crippen molar-refractivity contribution in [3.8, 4) is 0 Å². The van der Waals surface area contributed by atoms with E-state index >= 15 is 0 Å². The van der Waals surface area contributed by atoms with Crippen molar-refractivity contribution in [1.29, 1.82) is 0 Å². The smallest absolute Gasteiger partial charge is 0.387 e. The molecule has 0 radical (unpaired) electrons. The van der Waals surface area contributed by atoms with Gasteiger partial charge in [0.15, 0.2) is 0 Å². The third-order valence-corrected chi connectivity index (χ3v) is 5.42. The Kier molecular flexibility index (Phi) is 6.28. The zero-order valence-corrected chi connectivity index (χ0v) is 16.1. The van der Waals surface area contributed by atoms with Gasteiger partial charge in [-0.05, 0) is 43.9 Å². The van der Waals surface area contributed by atoms with Gasteiger partial charge in [-0.25, -0.2) is 14.4 Å². The largest absolute Gasteiger partial charge is 0.417 e. The number of rotatable bonds is 4. The lowest BCUT2D eigenvalue weighted by atomic mass is 9.77. The van der Waals surface area contributed by atoms with E-state index in [2.05, 4.69) is 15.3 Å². The molecule has 2 aromatic heterocycles. The lowest BCUT2D eigenvalue weighted by molar-refractivity contribution is -0.137. The molecule has 1 aliphatic rings. The first-order chi connectivity index (χ1) is 14.0. The molecule has 0 aromatic carbocycles. The van der Waals surface area contributed by atoms with Crippen molar-refractivity contribution in [2.45, 2.75) is 49.7 Å². The van der Waals surface area contributed by atoms with Gasteiger partial charge < -0.3 is 10.4 Å². The highest BCUT2D eigenvalue weighted by atomic mass is 35.5. The topological polar surface area (TPSA) is 75.1 Å². The molecule has 1 aliphatic carbocycles. The van der Waals surface area contributed by atoms with Gasteiger partial charge in [-0.3, -0.25) is 4.79 Å². The molecule has 1 atom stereocenters. The Morgan fingerprint density at radius 2 is 1.93 bits per heavy atom. The molecule has 0 aliphatic heterocycles. The summed E-state index contributed by atoms with van der Waals surface area (Å²) in [5.74, 6) is -2.00. The Morgan fingerprint density at radius 3 is 2.53 bits per heavy atom. The van der Waals surface area contributed by atoms with Gasteiger partial charge in [0.25, 0.3) is 5.91 Å². The van der Waals surface area contributed by atoms with E-state index in [0.29, 0.717) is 6.07 Å². The maximum absolute atomic E-state index is 13.7. The van der Waals surface area contributed by atoms with E-state index in [4.69, 9.17) is 11.6 Å². The number of nitrogens with zero attached hydrogens (tertiary/aromatic N) is 2. The van der Waals surface area contributed by atoms with Gasteiger partial charge in [0, 0.05) is 6.20 Å². The summed E-state index contributed by atoms with van der Waals surface area (Å²) in [6, 6.07) is 3.00. The molecule has 0 bridgehead atoms. The first-order valence-corrected chi connectivity index (χ1v) is 9.40. The number of hydrogen-bond donors (Lipinski definition) is 2. The summed E-state index contributed by atoms with van der Waals surface area (Å²) in [5.41, 5.74) is -3.71. The van der Waals surface area contributed by atoms with Crippen LogP contribution in [0.2, 0.25) is 5.02 Å². The summed E-state index contributed by atoms with van der Waals surface area (Å²) in [5, 5.41) is 12.5. The number of alkyl halides is 4. The first-order valence-electron chi connectivity index (χ1n) is 9.03. The van der Waals surface area contributed by atoms with Gasteiger partial charge in [0.1, 0.15) is 17.9 Å². The average Bonchev–Trinajstić information content (AvgIpc) is 2.67. The molecular weight excluding hydrogens is 433 g/mol. The van der Waals surface area contributed by atoms with Crippen LogP contribution in [-0.2, 0) is 6.18 Å². The van der Waals surface area contributed by atoms with Crippen LogP contribution in [-0.4, -0.2) is 32.8 Å². The normalized spacial score (nSPS) is 23.1. The van der Waals surface area contributed by atoms with Crippen LogP contribution in [0.15, 0.2) is 30.5 Å². The molecule has 2 N–H and O–H groups in total. The Balaban J connectivity index is 1.97. The molecule has 3 rings (SSSR count). The van der Waals surface area contributed by atoms with Crippen LogP contribution in [0.5, 0.6) is 0 Å². The van der Waals surface area contributed by atoms with Crippen molar-refractivity contribution >= 4 is 17.5 Å². The highest BCUT2D eigenvalue weighted by molar-refractivity contribution is 6.34. The van der Waals surface area contributed by atoms with E-state index in [1.807, 2.05) is 0 Å². The van der Waals surface area contributed by atoms with Gasteiger partial charge in [0.05, 0.1) is 21.9 Å². The van der Waals surface area contributed by atoms with E-state index in [-0.39, 0.29) is 31.4 Å². The highest BCUT2D eigenvalue weighted by Gasteiger charge is 2.43. The maximum atomic E-state index is 13.7. The second kappa shape index (κ2) is 8.43. The van der Waals surface area contributed by atoms with Crippen LogP contribution in [0.3, 0.4) is 0 Å². The minimum atomic E-state index is -4.81. The second-order valence-corrected chi connectivity index (χ2v) is 7.47. The predicted octanol–water partition coefficient (Wildman–Crippen LogP) is 4.40. The average molecular weight is 450 g/mol. The van der Waals surface area contributed by atoms with Crippen molar-refractivity contribution in [2.75, 3.05) is 0 Å². The standard InChI is InChI=1S/C19H17ClF5N3O2/c20-14-11(19(23,24)25)6-9-26-15(14)17(29)28-16(12-2-1-3-13(22)27-12)18(30)7-4-10(21)5-8-18/h1-3,6,9-10,16,30H,4-5,7-8H2,(H,28,29). The molecule has 1 fully saturated rings. The van der Waals surface area contributed by atoms with Crippen molar-refractivity contribution in [3.63, 3.8) is 0 Å². The molecule has 2 heterocycles. The molecule has 1 saturated carbocycles. The summed E-state index contributed by atoms with van der Waals surface area (Å²) in [7, 11) is 0. The third kappa shape index (κ3) is 4.70. The number of aromatic nitrogens is 2. The molecule has 11 heteroatoms. The van der Waals surface area contributed by atoms with Crippen LogP contribution in [0, 0.1) is 5.95 Å². The number of carbonyl (C=O) groups excluding carboxylic acids is 1. The van der Waals surface area contributed by atoms with Crippen molar-refractivity contribution in [3.05, 3.63) is 58.4 Å². The zero-order valence-electron chi connectivity index (χ0n) is 15.4. The van der Waals surface area contributed by atoms with Gasteiger partial charge in [-0.15, -0.1) is 0 Å². The van der Waals surface area contributed by atoms with E-state index in [1.165, 1.54) is 12.1 Å².